The topological polar surface area (TPSA) is 74.6 Å². The van der Waals surface area contributed by atoms with Crippen LogP contribution in [0, 0.1) is 0 Å². The maximum atomic E-state index is 12.0. The SMILES string of the molecule is CCCC1=CC(=O)c2c(O)ccc(O)c2C1=O. The highest BCUT2D eigenvalue weighted by Gasteiger charge is 2.30. The third kappa shape index (κ3) is 1.71. The van der Waals surface area contributed by atoms with E-state index in [-0.39, 0.29) is 28.4 Å². The first-order valence-corrected chi connectivity index (χ1v) is 5.40. The lowest BCUT2D eigenvalue weighted by molar-refractivity contribution is 0.0976. The van der Waals surface area contributed by atoms with Crippen LogP contribution in [0.5, 0.6) is 11.5 Å². The molecule has 0 amide bonds. The molecule has 1 aromatic rings. The van der Waals surface area contributed by atoms with Crippen LogP contribution >= 0.6 is 0 Å². The molecule has 0 atom stereocenters. The van der Waals surface area contributed by atoms with Gasteiger partial charge in [-0.15, -0.1) is 0 Å². The van der Waals surface area contributed by atoms with Crippen molar-refractivity contribution in [3.8, 4) is 11.5 Å². The van der Waals surface area contributed by atoms with Gasteiger partial charge in [0.15, 0.2) is 11.6 Å². The first-order valence-electron chi connectivity index (χ1n) is 5.40. The first kappa shape index (κ1) is 11.4. The van der Waals surface area contributed by atoms with Crippen molar-refractivity contribution in [3.63, 3.8) is 0 Å². The number of phenolic OH excluding ortho intramolecular Hbond substituents is 2. The van der Waals surface area contributed by atoms with Crippen molar-refractivity contribution in [1.82, 2.24) is 0 Å². The third-order valence-corrected chi connectivity index (χ3v) is 2.75. The predicted molar refractivity (Wildman–Crippen MR) is 61.4 cm³/mol. The van der Waals surface area contributed by atoms with Gasteiger partial charge in [0.05, 0.1) is 11.1 Å². The van der Waals surface area contributed by atoms with Crippen LogP contribution in [0.15, 0.2) is 23.8 Å². The zero-order chi connectivity index (χ0) is 12.6. The third-order valence-electron chi connectivity index (χ3n) is 2.75. The fraction of sp³-hybridized carbons (Fsp3) is 0.231. The Bertz CT molecular complexity index is 541. The van der Waals surface area contributed by atoms with Crippen LogP contribution in [-0.4, -0.2) is 21.8 Å². The zero-order valence-electron chi connectivity index (χ0n) is 9.36. The van der Waals surface area contributed by atoms with E-state index in [1.807, 2.05) is 6.92 Å². The average molecular weight is 232 g/mol. The number of carbonyl (C=O) groups is 2. The monoisotopic (exact) mass is 232 g/mol. The lowest BCUT2D eigenvalue weighted by Crippen LogP contribution is -2.17. The van der Waals surface area contributed by atoms with Crippen molar-refractivity contribution in [3.05, 3.63) is 34.9 Å². The summed E-state index contributed by atoms with van der Waals surface area (Å²) in [4.78, 5) is 23.8. The summed E-state index contributed by atoms with van der Waals surface area (Å²) < 4.78 is 0. The van der Waals surface area contributed by atoms with Gasteiger partial charge in [0.1, 0.15) is 11.5 Å². The molecule has 1 aliphatic rings. The lowest BCUT2D eigenvalue weighted by Gasteiger charge is -2.16. The molecule has 0 saturated heterocycles. The van der Waals surface area contributed by atoms with Crippen LogP contribution in [0.4, 0.5) is 0 Å². The zero-order valence-corrected chi connectivity index (χ0v) is 9.36. The van der Waals surface area contributed by atoms with E-state index in [2.05, 4.69) is 0 Å². The Morgan fingerprint density at radius 1 is 1.06 bits per heavy atom. The molecule has 0 heterocycles. The highest BCUT2D eigenvalue weighted by molar-refractivity contribution is 6.26. The summed E-state index contributed by atoms with van der Waals surface area (Å²) >= 11 is 0. The molecule has 2 N–H and O–H groups in total. The van der Waals surface area contributed by atoms with E-state index in [1.54, 1.807) is 0 Å². The Kier molecular flexibility index (Phi) is 2.71. The van der Waals surface area contributed by atoms with Crippen LogP contribution in [0.3, 0.4) is 0 Å². The van der Waals surface area contributed by atoms with Crippen LogP contribution < -0.4 is 0 Å². The Morgan fingerprint density at radius 3 is 2.24 bits per heavy atom. The van der Waals surface area contributed by atoms with Crippen molar-refractivity contribution in [2.45, 2.75) is 19.8 Å². The number of aromatic hydroxyl groups is 2. The summed E-state index contributed by atoms with van der Waals surface area (Å²) in [6, 6.07) is 2.42. The molecule has 88 valence electrons. The minimum absolute atomic E-state index is 0.0825. The second-order valence-corrected chi connectivity index (χ2v) is 3.97. The van der Waals surface area contributed by atoms with Gasteiger partial charge in [-0.1, -0.05) is 13.3 Å². The maximum absolute atomic E-state index is 12.0. The highest BCUT2D eigenvalue weighted by Crippen LogP contribution is 2.35. The molecule has 4 heteroatoms. The molecule has 0 unspecified atom stereocenters. The van der Waals surface area contributed by atoms with E-state index >= 15 is 0 Å². The molecule has 0 radical (unpaired) electrons. The number of phenols is 2. The number of Topliss-reactive ketones (excluding diaryl/α,β-unsaturated/α-hetero) is 1. The molecule has 0 saturated carbocycles. The Balaban J connectivity index is 2.64. The number of benzene rings is 1. The fourth-order valence-electron chi connectivity index (χ4n) is 1.97. The number of ketones is 2. The molecule has 1 aromatic carbocycles. The number of rotatable bonds is 2. The normalized spacial score (nSPS) is 14.5. The van der Waals surface area contributed by atoms with Gasteiger partial charge in [0.25, 0.3) is 0 Å². The summed E-state index contributed by atoms with van der Waals surface area (Å²) in [5, 5.41) is 19.2. The Hall–Kier alpha value is -2.10. The number of allylic oxidation sites excluding steroid dienone is 2. The largest absolute Gasteiger partial charge is 0.507 e. The van der Waals surface area contributed by atoms with Gasteiger partial charge in [0.2, 0.25) is 0 Å². The molecule has 4 nitrogen and oxygen atoms in total. The molecule has 0 spiro atoms. The standard InChI is InChI=1S/C13H12O4/c1-2-3-7-6-10(16)11-8(14)4-5-9(15)12(11)13(7)17/h4-6,14-15H,2-3H2,1H3. The molecule has 0 aliphatic heterocycles. The average Bonchev–Trinajstić information content (AvgIpc) is 2.29. The Labute approximate surface area is 98.2 Å². The van der Waals surface area contributed by atoms with Gasteiger partial charge in [-0.3, -0.25) is 9.59 Å². The van der Waals surface area contributed by atoms with Gasteiger partial charge in [0, 0.05) is 5.57 Å². The van der Waals surface area contributed by atoms with Crippen molar-refractivity contribution in [1.29, 1.82) is 0 Å². The summed E-state index contributed by atoms with van der Waals surface area (Å²) in [5.74, 6) is -1.35. The van der Waals surface area contributed by atoms with Crippen LogP contribution in [-0.2, 0) is 0 Å². The number of fused-ring (bicyclic) bond motifs is 1. The summed E-state index contributed by atoms with van der Waals surface area (Å²) in [7, 11) is 0. The van der Waals surface area contributed by atoms with Crippen molar-refractivity contribution in [2.24, 2.45) is 0 Å². The minimum atomic E-state index is -0.434. The van der Waals surface area contributed by atoms with E-state index in [0.29, 0.717) is 12.0 Å². The summed E-state index contributed by atoms with van der Waals surface area (Å²) in [6.45, 7) is 1.90. The molecule has 0 bridgehead atoms. The molecule has 2 rings (SSSR count). The van der Waals surface area contributed by atoms with Crippen LogP contribution in [0.1, 0.15) is 40.5 Å². The van der Waals surface area contributed by atoms with E-state index in [4.69, 9.17) is 0 Å². The van der Waals surface area contributed by atoms with Crippen LogP contribution in [0.25, 0.3) is 0 Å². The minimum Gasteiger partial charge on any atom is -0.507 e. The quantitative estimate of drug-likeness (QED) is 0.766. The second-order valence-electron chi connectivity index (χ2n) is 3.97. The first-order chi connectivity index (χ1) is 8.06. The van der Waals surface area contributed by atoms with Gasteiger partial charge >= 0.3 is 0 Å². The highest BCUT2D eigenvalue weighted by atomic mass is 16.3. The molecular formula is C13H12O4. The van der Waals surface area contributed by atoms with Crippen LogP contribution in [0.2, 0.25) is 0 Å². The van der Waals surface area contributed by atoms with E-state index in [9.17, 15) is 19.8 Å². The van der Waals surface area contributed by atoms with Crippen molar-refractivity contribution >= 4 is 11.6 Å². The number of carbonyl (C=O) groups excluding carboxylic acids is 2. The summed E-state index contributed by atoms with van der Waals surface area (Å²) in [5.41, 5.74) is 0.196. The number of hydrogen-bond acceptors (Lipinski definition) is 4. The van der Waals surface area contributed by atoms with Gasteiger partial charge in [-0.2, -0.15) is 0 Å². The fourth-order valence-corrected chi connectivity index (χ4v) is 1.97. The van der Waals surface area contributed by atoms with E-state index in [0.717, 1.165) is 6.42 Å². The molecule has 0 aromatic heterocycles. The molecule has 0 fully saturated rings. The molecule has 17 heavy (non-hydrogen) atoms. The lowest BCUT2D eigenvalue weighted by atomic mass is 9.86. The van der Waals surface area contributed by atoms with Crippen molar-refractivity contribution < 1.29 is 19.8 Å². The van der Waals surface area contributed by atoms with Gasteiger partial charge in [-0.25, -0.2) is 0 Å². The van der Waals surface area contributed by atoms with Gasteiger partial charge in [-0.05, 0) is 24.6 Å². The van der Waals surface area contributed by atoms with E-state index < -0.39 is 5.78 Å². The molecular weight excluding hydrogens is 220 g/mol. The van der Waals surface area contributed by atoms with E-state index in [1.165, 1.54) is 18.2 Å². The Morgan fingerprint density at radius 2 is 1.65 bits per heavy atom. The maximum Gasteiger partial charge on any atom is 0.193 e. The second kappa shape index (κ2) is 4.05. The summed E-state index contributed by atoms with van der Waals surface area (Å²) in [6.07, 6.45) is 2.46. The van der Waals surface area contributed by atoms with Crippen molar-refractivity contribution in [2.75, 3.05) is 0 Å². The smallest absolute Gasteiger partial charge is 0.193 e. The number of hydrogen-bond donors (Lipinski definition) is 2. The molecule has 1 aliphatic carbocycles. The van der Waals surface area contributed by atoms with Gasteiger partial charge < -0.3 is 10.2 Å². The predicted octanol–water partition coefficient (Wildman–Crippen LogP) is 2.20.